The summed E-state index contributed by atoms with van der Waals surface area (Å²) in [4.78, 5) is 25.9. The minimum Gasteiger partial charge on any atom is -0.469 e. The van der Waals surface area contributed by atoms with Crippen molar-refractivity contribution in [3.05, 3.63) is 53.5 Å². The molecule has 1 aromatic heterocycles. The Bertz CT molecular complexity index is 723. The molecule has 3 amide bonds. The van der Waals surface area contributed by atoms with Crippen molar-refractivity contribution >= 4 is 17.6 Å². The van der Waals surface area contributed by atoms with Crippen molar-refractivity contribution in [2.45, 2.75) is 19.9 Å². The average Bonchev–Trinajstić information content (AvgIpc) is 2.98. The average molecular weight is 313 g/mol. The summed E-state index contributed by atoms with van der Waals surface area (Å²) in [6.07, 6.45) is 2.49. The highest BCUT2D eigenvalue weighted by atomic mass is 16.3. The molecule has 1 fully saturated rings. The van der Waals surface area contributed by atoms with Crippen molar-refractivity contribution in [3.63, 3.8) is 0 Å². The number of aryl methyl sites for hydroxylation is 1. The molecule has 1 aliphatic rings. The standard InChI is InChI=1S/C17H19N3O3/c1-12-14(6-9-23-12)11-19-16(21)13-4-2-5-15(10-13)20-8-3-7-18-17(20)22/h2,4-6,9-10H,3,7-8,11H2,1H3,(H,18,22)(H,19,21). The molecule has 2 heterocycles. The van der Waals surface area contributed by atoms with Crippen LogP contribution in [-0.2, 0) is 6.54 Å². The molecule has 0 aliphatic carbocycles. The maximum absolute atomic E-state index is 12.3. The van der Waals surface area contributed by atoms with Crippen LogP contribution in [0.25, 0.3) is 0 Å². The first-order valence-electron chi connectivity index (χ1n) is 7.62. The molecule has 3 rings (SSSR count). The van der Waals surface area contributed by atoms with E-state index in [1.807, 2.05) is 19.1 Å². The second kappa shape index (κ2) is 6.56. The van der Waals surface area contributed by atoms with Crippen molar-refractivity contribution in [3.8, 4) is 0 Å². The minimum absolute atomic E-state index is 0.122. The Labute approximate surface area is 134 Å². The summed E-state index contributed by atoms with van der Waals surface area (Å²) in [5, 5.41) is 5.67. The topological polar surface area (TPSA) is 74.6 Å². The number of carbonyl (C=O) groups is 2. The maximum atomic E-state index is 12.3. The molecule has 1 saturated heterocycles. The van der Waals surface area contributed by atoms with Gasteiger partial charge in [0.1, 0.15) is 5.76 Å². The number of hydrogen-bond donors (Lipinski definition) is 2. The largest absolute Gasteiger partial charge is 0.469 e. The van der Waals surface area contributed by atoms with Gasteiger partial charge in [-0.2, -0.15) is 0 Å². The van der Waals surface area contributed by atoms with Crippen molar-refractivity contribution in [1.29, 1.82) is 0 Å². The number of rotatable bonds is 4. The molecule has 0 atom stereocenters. The third-order valence-electron chi connectivity index (χ3n) is 3.91. The first-order chi connectivity index (χ1) is 11.1. The molecule has 0 unspecified atom stereocenters. The van der Waals surface area contributed by atoms with Crippen molar-refractivity contribution in [2.75, 3.05) is 18.0 Å². The highest BCUT2D eigenvalue weighted by Gasteiger charge is 2.20. The molecule has 0 radical (unpaired) electrons. The van der Waals surface area contributed by atoms with Crippen molar-refractivity contribution in [2.24, 2.45) is 0 Å². The van der Waals surface area contributed by atoms with Crippen LogP contribution in [0, 0.1) is 6.92 Å². The van der Waals surface area contributed by atoms with Crippen LogP contribution in [0.3, 0.4) is 0 Å². The van der Waals surface area contributed by atoms with E-state index in [-0.39, 0.29) is 11.9 Å². The monoisotopic (exact) mass is 313 g/mol. The van der Waals surface area contributed by atoms with Gasteiger partial charge in [-0.05, 0) is 37.6 Å². The molecule has 0 spiro atoms. The Morgan fingerprint density at radius 3 is 3.00 bits per heavy atom. The zero-order chi connectivity index (χ0) is 16.2. The van der Waals surface area contributed by atoms with Crippen LogP contribution in [0.15, 0.2) is 41.0 Å². The summed E-state index contributed by atoms with van der Waals surface area (Å²) >= 11 is 0. The fourth-order valence-corrected chi connectivity index (χ4v) is 2.56. The highest BCUT2D eigenvalue weighted by molar-refractivity contribution is 5.97. The lowest BCUT2D eigenvalue weighted by molar-refractivity contribution is 0.0951. The Morgan fingerprint density at radius 1 is 1.39 bits per heavy atom. The number of carbonyl (C=O) groups excluding carboxylic acids is 2. The third-order valence-corrected chi connectivity index (χ3v) is 3.91. The lowest BCUT2D eigenvalue weighted by Gasteiger charge is -2.27. The summed E-state index contributed by atoms with van der Waals surface area (Å²) in [5.41, 5.74) is 2.21. The second-order valence-corrected chi connectivity index (χ2v) is 5.47. The number of nitrogens with zero attached hydrogens (tertiary/aromatic N) is 1. The van der Waals surface area contributed by atoms with Crippen LogP contribution in [0.1, 0.15) is 28.1 Å². The molecule has 6 heteroatoms. The fraction of sp³-hybridized carbons (Fsp3) is 0.294. The van der Waals surface area contributed by atoms with Gasteiger partial charge in [-0.15, -0.1) is 0 Å². The van der Waals surface area contributed by atoms with Gasteiger partial charge in [0.2, 0.25) is 0 Å². The summed E-state index contributed by atoms with van der Waals surface area (Å²) in [6, 6.07) is 8.81. The Balaban J connectivity index is 1.70. The number of anilines is 1. The van der Waals surface area contributed by atoms with Gasteiger partial charge < -0.3 is 15.1 Å². The lowest BCUT2D eigenvalue weighted by atomic mass is 10.1. The first kappa shape index (κ1) is 15.1. The molecule has 1 aliphatic heterocycles. The van der Waals surface area contributed by atoms with Crippen molar-refractivity contribution in [1.82, 2.24) is 10.6 Å². The third kappa shape index (κ3) is 3.36. The molecular weight excluding hydrogens is 294 g/mol. The van der Waals surface area contributed by atoms with Crippen LogP contribution in [0.4, 0.5) is 10.5 Å². The molecule has 0 bridgehead atoms. The van der Waals surface area contributed by atoms with Gasteiger partial charge in [-0.25, -0.2) is 4.79 Å². The van der Waals surface area contributed by atoms with Gasteiger partial charge in [-0.3, -0.25) is 9.69 Å². The molecule has 1 aromatic carbocycles. The number of furan rings is 1. The van der Waals surface area contributed by atoms with Crippen LogP contribution in [0.5, 0.6) is 0 Å². The SMILES string of the molecule is Cc1occc1CNC(=O)c1cccc(N2CCCNC2=O)c1. The Morgan fingerprint density at radius 2 is 2.26 bits per heavy atom. The Hall–Kier alpha value is -2.76. The molecule has 120 valence electrons. The zero-order valence-electron chi connectivity index (χ0n) is 13.0. The maximum Gasteiger partial charge on any atom is 0.321 e. The zero-order valence-corrected chi connectivity index (χ0v) is 13.0. The van der Waals surface area contributed by atoms with E-state index in [1.54, 1.807) is 29.4 Å². The van der Waals surface area contributed by atoms with Gasteiger partial charge in [0.15, 0.2) is 0 Å². The lowest BCUT2D eigenvalue weighted by Crippen LogP contribution is -2.46. The summed E-state index contributed by atoms with van der Waals surface area (Å²) < 4.78 is 5.21. The van der Waals surface area contributed by atoms with Crippen molar-refractivity contribution < 1.29 is 14.0 Å². The van der Waals surface area contributed by atoms with Gasteiger partial charge >= 0.3 is 6.03 Å². The predicted octanol–water partition coefficient (Wildman–Crippen LogP) is 2.44. The molecular formula is C17H19N3O3. The number of nitrogens with one attached hydrogen (secondary N) is 2. The first-order valence-corrected chi connectivity index (χ1v) is 7.62. The molecule has 2 N–H and O–H groups in total. The predicted molar refractivity (Wildman–Crippen MR) is 86.4 cm³/mol. The highest BCUT2D eigenvalue weighted by Crippen LogP contribution is 2.18. The van der Waals surface area contributed by atoms with E-state index in [2.05, 4.69) is 10.6 Å². The fourth-order valence-electron chi connectivity index (χ4n) is 2.56. The van der Waals surface area contributed by atoms with E-state index in [1.165, 1.54) is 0 Å². The van der Waals surface area contributed by atoms with E-state index < -0.39 is 0 Å². The number of urea groups is 1. The van der Waals surface area contributed by atoms with Gasteiger partial charge in [0.25, 0.3) is 5.91 Å². The normalized spacial score (nSPS) is 14.5. The van der Waals surface area contributed by atoms with Crippen LogP contribution in [0.2, 0.25) is 0 Å². The van der Waals surface area contributed by atoms with E-state index >= 15 is 0 Å². The second-order valence-electron chi connectivity index (χ2n) is 5.47. The van der Waals surface area contributed by atoms with E-state index in [4.69, 9.17) is 4.42 Å². The van der Waals surface area contributed by atoms with E-state index in [0.717, 1.165) is 23.4 Å². The number of amides is 3. The molecule has 0 saturated carbocycles. The van der Waals surface area contributed by atoms with E-state index in [9.17, 15) is 9.59 Å². The smallest absolute Gasteiger partial charge is 0.321 e. The van der Waals surface area contributed by atoms with Crippen LogP contribution >= 0.6 is 0 Å². The quantitative estimate of drug-likeness (QED) is 0.910. The number of hydrogen-bond acceptors (Lipinski definition) is 3. The van der Waals surface area contributed by atoms with E-state index in [0.29, 0.717) is 25.2 Å². The summed E-state index contributed by atoms with van der Waals surface area (Å²) in [7, 11) is 0. The number of benzene rings is 1. The van der Waals surface area contributed by atoms with Crippen LogP contribution in [-0.4, -0.2) is 25.0 Å². The molecule has 2 aromatic rings. The Kier molecular flexibility index (Phi) is 4.32. The summed E-state index contributed by atoms with van der Waals surface area (Å²) in [6.45, 7) is 3.62. The molecule has 23 heavy (non-hydrogen) atoms. The minimum atomic E-state index is -0.176. The molecule has 6 nitrogen and oxygen atoms in total. The van der Waals surface area contributed by atoms with Crippen LogP contribution < -0.4 is 15.5 Å². The summed E-state index contributed by atoms with van der Waals surface area (Å²) in [5.74, 6) is 0.619. The van der Waals surface area contributed by atoms with Gasteiger partial charge in [-0.1, -0.05) is 6.07 Å². The van der Waals surface area contributed by atoms with Gasteiger partial charge in [0.05, 0.1) is 6.26 Å². The van der Waals surface area contributed by atoms with Gasteiger partial charge in [0, 0.05) is 36.4 Å².